The molecule has 1 aromatic carbocycles. The van der Waals surface area contributed by atoms with Crippen LogP contribution in [0.3, 0.4) is 0 Å². The van der Waals surface area contributed by atoms with Gasteiger partial charge in [-0.1, -0.05) is 0 Å². The van der Waals surface area contributed by atoms with Crippen LogP contribution in [0.5, 0.6) is 0 Å². The number of rotatable bonds is 3. The second kappa shape index (κ2) is 7.26. The Morgan fingerprint density at radius 2 is 1.83 bits per heavy atom. The zero-order chi connectivity index (χ0) is 21.6. The lowest BCUT2D eigenvalue weighted by molar-refractivity contribution is -0.142. The summed E-state index contributed by atoms with van der Waals surface area (Å²) in [5.74, 6) is -0.700. The van der Waals surface area contributed by atoms with E-state index in [2.05, 4.69) is 10.2 Å². The van der Waals surface area contributed by atoms with Gasteiger partial charge in [-0.2, -0.15) is 23.4 Å². The average molecular weight is 421 g/mol. The van der Waals surface area contributed by atoms with Gasteiger partial charge in [0.2, 0.25) is 0 Å². The first-order valence-corrected chi connectivity index (χ1v) is 9.42. The van der Waals surface area contributed by atoms with E-state index in [1.165, 1.54) is 30.2 Å². The smallest absolute Gasteiger partial charge is 0.307 e. The molecule has 0 radical (unpaired) electrons. The van der Waals surface area contributed by atoms with E-state index in [-0.39, 0.29) is 17.4 Å². The molecule has 0 N–H and O–H groups in total. The van der Waals surface area contributed by atoms with Crippen molar-refractivity contribution >= 4 is 11.6 Å². The summed E-state index contributed by atoms with van der Waals surface area (Å²) in [4.78, 5) is 14.7. The highest BCUT2D eigenvalue weighted by Crippen LogP contribution is 2.33. The minimum absolute atomic E-state index is 0.279. The zero-order valence-corrected chi connectivity index (χ0v) is 16.3. The van der Waals surface area contributed by atoms with Gasteiger partial charge >= 0.3 is 6.18 Å². The van der Waals surface area contributed by atoms with Gasteiger partial charge in [0, 0.05) is 12.2 Å². The van der Waals surface area contributed by atoms with Gasteiger partial charge in [0.25, 0.3) is 5.91 Å². The van der Waals surface area contributed by atoms with Gasteiger partial charge in [0.05, 0.1) is 23.3 Å². The number of carbonyl (C=O) groups is 1. The molecule has 6 nitrogen and oxygen atoms in total. The molecular formula is C20H19F4N5O. The van der Waals surface area contributed by atoms with Crippen LogP contribution in [-0.4, -0.2) is 32.0 Å². The normalized spacial score (nSPS) is 17.6. The minimum atomic E-state index is -4.57. The summed E-state index contributed by atoms with van der Waals surface area (Å²) < 4.78 is 55.0. The lowest BCUT2D eigenvalue weighted by Crippen LogP contribution is -2.43. The SMILES string of the molecule is Cc1c(N2CCCC(n3nc(C(F)(F)F)cc3C)C2=O)cnn1-c1ccc(F)cc1. The summed E-state index contributed by atoms with van der Waals surface area (Å²) in [5.41, 5.74) is 1.14. The number of nitrogens with zero attached hydrogens (tertiary/aromatic N) is 5. The van der Waals surface area contributed by atoms with Crippen molar-refractivity contribution in [3.05, 3.63) is 59.4 Å². The average Bonchev–Trinajstić information content (AvgIpc) is 3.26. The number of amides is 1. The number of aryl methyl sites for hydroxylation is 1. The van der Waals surface area contributed by atoms with Crippen LogP contribution in [0.15, 0.2) is 36.5 Å². The Morgan fingerprint density at radius 3 is 2.47 bits per heavy atom. The Balaban J connectivity index is 1.65. The Labute approximate surface area is 169 Å². The molecule has 10 heteroatoms. The zero-order valence-electron chi connectivity index (χ0n) is 16.3. The number of benzene rings is 1. The highest BCUT2D eigenvalue weighted by molar-refractivity contribution is 5.97. The van der Waals surface area contributed by atoms with Gasteiger partial charge in [-0.25, -0.2) is 9.07 Å². The first kappa shape index (κ1) is 20.1. The standard InChI is InChI=1S/C20H19F4N5O/c1-12-10-18(20(22,23)24)26-28(12)16-4-3-9-27(19(16)30)17-11-25-29(13(17)2)15-7-5-14(21)6-8-15/h5-8,10-11,16H,3-4,9H2,1-2H3. The number of alkyl halides is 3. The van der Waals surface area contributed by atoms with E-state index in [1.807, 2.05) is 0 Å². The van der Waals surface area contributed by atoms with E-state index in [4.69, 9.17) is 0 Å². The molecule has 1 atom stereocenters. The van der Waals surface area contributed by atoms with Crippen LogP contribution < -0.4 is 4.90 Å². The van der Waals surface area contributed by atoms with Crippen molar-refractivity contribution in [2.24, 2.45) is 0 Å². The monoisotopic (exact) mass is 421 g/mol. The third-order valence-corrected chi connectivity index (χ3v) is 5.26. The van der Waals surface area contributed by atoms with Crippen molar-refractivity contribution in [1.29, 1.82) is 0 Å². The molecule has 3 aromatic rings. The molecule has 3 heterocycles. The maximum atomic E-state index is 13.2. The van der Waals surface area contributed by atoms with Gasteiger partial charge in [0.1, 0.15) is 11.9 Å². The summed E-state index contributed by atoms with van der Waals surface area (Å²) >= 11 is 0. The second-order valence-electron chi connectivity index (χ2n) is 7.26. The molecule has 4 rings (SSSR count). The molecule has 0 spiro atoms. The number of piperidine rings is 1. The molecule has 2 aromatic heterocycles. The molecule has 30 heavy (non-hydrogen) atoms. The van der Waals surface area contributed by atoms with Crippen molar-refractivity contribution in [3.63, 3.8) is 0 Å². The van der Waals surface area contributed by atoms with E-state index < -0.39 is 17.9 Å². The number of anilines is 1. The number of hydrogen-bond acceptors (Lipinski definition) is 3. The summed E-state index contributed by atoms with van der Waals surface area (Å²) in [7, 11) is 0. The molecule has 1 aliphatic rings. The van der Waals surface area contributed by atoms with Crippen LogP contribution in [-0.2, 0) is 11.0 Å². The fourth-order valence-electron chi connectivity index (χ4n) is 3.77. The largest absolute Gasteiger partial charge is 0.435 e. The highest BCUT2D eigenvalue weighted by atomic mass is 19.4. The lowest BCUT2D eigenvalue weighted by atomic mass is 10.0. The summed E-state index contributed by atoms with van der Waals surface area (Å²) in [5, 5.41) is 7.96. The Hall–Kier alpha value is -3.17. The predicted molar refractivity (Wildman–Crippen MR) is 101 cm³/mol. The van der Waals surface area contributed by atoms with Gasteiger partial charge in [0.15, 0.2) is 5.69 Å². The Bertz CT molecular complexity index is 1080. The number of halogens is 4. The second-order valence-corrected chi connectivity index (χ2v) is 7.26. The van der Waals surface area contributed by atoms with E-state index in [0.29, 0.717) is 36.5 Å². The first-order valence-electron chi connectivity index (χ1n) is 9.42. The maximum Gasteiger partial charge on any atom is 0.435 e. The third-order valence-electron chi connectivity index (χ3n) is 5.26. The molecule has 1 aliphatic heterocycles. The molecule has 1 unspecified atom stereocenters. The Kier molecular flexibility index (Phi) is 4.87. The molecule has 0 saturated carbocycles. The van der Waals surface area contributed by atoms with Crippen molar-refractivity contribution in [1.82, 2.24) is 19.6 Å². The fourth-order valence-corrected chi connectivity index (χ4v) is 3.77. The minimum Gasteiger partial charge on any atom is -0.307 e. The van der Waals surface area contributed by atoms with Crippen molar-refractivity contribution in [2.75, 3.05) is 11.4 Å². The van der Waals surface area contributed by atoms with Crippen LogP contribution >= 0.6 is 0 Å². The van der Waals surface area contributed by atoms with Crippen LogP contribution in [0, 0.1) is 19.7 Å². The van der Waals surface area contributed by atoms with Gasteiger partial charge in [-0.3, -0.25) is 9.48 Å². The number of hydrogen-bond donors (Lipinski definition) is 0. The molecule has 1 fully saturated rings. The van der Waals surface area contributed by atoms with Gasteiger partial charge in [-0.15, -0.1) is 0 Å². The van der Waals surface area contributed by atoms with Crippen molar-refractivity contribution < 1.29 is 22.4 Å². The van der Waals surface area contributed by atoms with E-state index in [9.17, 15) is 22.4 Å². The lowest BCUT2D eigenvalue weighted by Gasteiger charge is -2.32. The molecule has 0 aliphatic carbocycles. The summed E-state index contributed by atoms with van der Waals surface area (Å²) in [6.45, 7) is 3.72. The molecular weight excluding hydrogens is 402 g/mol. The van der Waals surface area contributed by atoms with Crippen molar-refractivity contribution in [2.45, 2.75) is 38.9 Å². The first-order chi connectivity index (χ1) is 14.2. The van der Waals surface area contributed by atoms with Crippen LogP contribution in [0.1, 0.15) is 36.0 Å². The van der Waals surface area contributed by atoms with E-state index in [0.717, 1.165) is 10.7 Å². The number of aromatic nitrogens is 4. The van der Waals surface area contributed by atoms with E-state index >= 15 is 0 Å². The van der Waals surface area contributed by atoms with E-state index in [1.54, 1.807) is 23.7 Å². The quantitative estimate of drug-likeness (QED) is 0.596. The highest BCUT2D eigenvalue weighted by Gasteiger charge is 2.38. The molecule has 1 saturated heterocycles. The predicted octanol–water partition coefficient (Wildman–Crippen LogP) is 4.21. The Morgan fingerprint density at radius 1 is 1.13 bits per heavy atom. The third kappa shape index (κ3) is 3.46. The van der Waals surface area contributed by atoms with Gasteiger partial charge in [-0.05, 0) is 57.0 Å². The summed E-state index contributed by atoms with van der Waals surface area (Å²) in [6.07, 6.45) is -2.02. The number of carbonyl (C=O) groups excluding carboxylic acids is 1. The molecule has 158 valence electrons. The molecule has 0 bridgehead atoms. The van der Waals surface area contributed by atoms with Gasteiger partial charge < -0.3 is 4.90 Å². The maximum absolute atomic E-state index is 13.2. The summed E-state index contributed by atoms with van der Waals surface area (Å²) in [6, 6.07) is 5.92. The topological polar surface area (TPSA) is 56.0 Å². The van der Waals surface area contributed by atoms with Crippen LogP contribution in [0.2, 0.25) is 0 Å². The molecule has 1 amide bonds. The van der Waals surface area contributed by atoms with Crippen LogP contribution in [0.4, 0.5) is 23.2 Å². The fraction of sp³-hybridized carbons (Fsp3) is 0.350. The van der Waals surface area contributed by atoms with Crippen molar-refractivity contribution in [3.8, 4) is 5.69 Å². The van der Waals surface area contributed by atoms with Crippen LogP contribution in [0.25, 0.3) is 5.69 Å².